The van der Waals surface area contributed by atoms with Crippen LogP contribution >= 0.6 is 0 Å². The number of esters is 1. The summed E-state index contributed by atoms with van der Waals surface area (Å²) in [7, 11) is 1.36. The smallest absolute Gasteiger partial charge is 0.407 e. The molecule has 14 heteroatoms. The summed E-state index contributed by atoms with van der Waals surface area (Å²) in [6.45, 7) is 11.1. The zero-order valence-corrected chi connectivity index (χ0v) is 28.5. The number of carbonyl (C=O) groups excluding carboxylic acids is 2. The van der Waals surface area contributed by atoms with Gasteiger partial charge in [0.1, 0.15) is 17.1 Å². The van der Waals surface area contributed by atoms with Crippen molar-refractivity contribution >= 4 is 40.5 Å². The Morgan fingerprint density at radius 1 is 1.06 bits per heavy atom. The molecule has 3 aromatic rings. The topological polar surface area (TPSA) is 146 Å². The van der Waals surface area contributed by atoms with E-state index < -0.39 is 17.7 Å². The first-order valence-electron chi connectivity index (χ1n) is 17.1. The van der Waals surface area contributed by atoms with Crippen LogP contribution in [0.15, 0.2) is 18.3 Å². The first-order chi connectivity index (χ1) is 23.0. The van der Waals surface area contributed by atoms with Crippen LogP contribution in [0.5, 0.6) is 0 Å². The van der Waals surface area contributed by atoms with Gasteiger partial charge in [0.05, 0.1) is 43.4 Å². The minimum atomic E-state index is -0.571. The first kappa shape index (κ1) is 32.5. The lowest BCUT2D eigenvalue weighted by Gasteiger charge is -2.42. The summed E-state index contributed by atoms with van der Waals surface area (Å²) in [5.41, 5.74) is 2.66. The van der Waals surface area contributed by atoms with Crippen molar-refractivity contribution in [3.8, 4) is 0 Å². The van der Waals surface area contributed by atoms with Gasteiger partial charge in [0.2, 0.25) is 0 Å². The van der Waals surface area contributed by atoms with Crippen LogP contribution in [0.25, 0.3) is 11.2 Å². The molecule has 1 N–H and O–H groups in total. The summed E-state index contributed by atoms with van der Waals surface area (Å²) in [5, 5.41) is 8.24. The minimum Gasteiger partial charge on any atom is -0.464 e. The van der Waals surface area contributed by atoms with Crippen LogP contribution in [0.4, 0.5) is 22.1 Å². The zero-order chi connectivity index (χ0) is 33.6. The van der Waals surface area contributed by atoms with E-state index in [1.807, 2.05) is 44.6 Å². The number of aryl methyl sites for hydroxylation is 1. The van der Waals surface area contributed by atoms with Crippen molar-refractivity contribution in [3.63, 3.8) is 0 Å². The molecule has 0 aliphatic carbocycles. The molecule has 3 aromatic heterocycles. The number of rotatable bonds is 5. The average molecular weight is 663 g/mol. The molecule has 0 radical (unpaired) electrons. The number of aromatic nitrogens is 5. The first-order valence-corrected chi connectivity index (χ1v) is 17.1. The number of alkyl carbamates (subject to hydrolysis) is 1. The highest BCUT2D eigenvalue weighted by molar-refractivity contribution is 5.90. The quantitative estimate of drug-likeness (QED) is 0.378. The van der Waals surface area contributed by atoms with E-state index in [2.05, 4.69) is 20.1 Å². The number of carbonyl (C=O) groups is 2. The highest BCUT2D eigenvalue weighted by Crippen LogP contribution is 2.44. The third-order valence-electron chi connectivity index (χ3n) is 10.0. The molecule has 1 spiro atoms. The van der Waals surface area contributed by atoms with Gasteiger partial charge in [0.25, 0.3) is 0 Å². The fraction of sp³-hybridized carbons (Fsp3) is 0.647. The Balaban J connectivity index is 1.17. The van der Waals surface area contributed by atoms with Gasteiger partial charge in [0.15, 0.2) is 23.2 Å². The van der Waals surface area contributed by atoms with E-state index in [-0.39, 0.29) is 23.8 Å². The molecule has 7 heterocycles. The summed E-state index contributed by atoms with van der Waals surface area (Å²) in [4.78, 5) is 44.1. The Kier molecular flexibility index (Phi) is 8.65. The van der Waals surface area contributed by atoms with Crippen molar-refractivity contribution in [3.05, 3.63) is 29.7 Å². The molecule has 258 valence electrons. The number of nitrogens with zero attached hydrogens (tertiary/aromatic N) is 7. The molecule has 48 heavy (non-hydrogen) atoms. The average Bonchev–Trinajstić information content (AvgIpc) is 3.60. The molecule has 4 aliphatic heterocycles. The monoisotopic (exact) mass is 662 g/mol. The lowest BCUT2D eigenvalue weighted by Crippen LogP contribution is -2.55. The van der Waals surface area contributed by atoms with E-state index in [1.165, 1.54) is 7.11 Å². The van der Waals surface area contributed by atoms with Gasteiger partial charge >= 0.3 is 12.1 Å². The molecule has 0 aromatic carbocycles. The molecule has 7 rings (SSSR count). The second-order valence-electron chi connectivity index (χ2n) is 14.4. The summed E-state index contributed by atoms with van der Waals surface area (Å²) < 4.78 is 24.7. The Bertz CT molecular complexity index is 1670. The Morgan fingerprint density at radius 3 is 2.60 bits per heavy atom. The molecule has 3 atom stereocenters. The molecular weight excluding hydrogens is 616 g/mol. The van der Waals surface area contributed by atoms with Gasteiger partial charge in [-0.3, -0.25) is 0 Å². The number of hydrogen-bond donors (Lipinski definition) is 1. The maximum atomic E-state index is 12.7. The summed E-state index contributed by atoms with van der Waals surface area (Å²) in [6, 6.07) is 3.48. The van der Waals surface area contributed by atoms with Gasteiger partial charge in [-0.05, 0) is 84.8 Å². The number of ether oxygens (including phenoxy) is 4. The molecule has 4 aliphatic rings. The van der Waals surface area contributed by atoms with Gasteiger partial charge in [0, 0.05) is 31.7 Å². The Labute approximate surface area is 280 Å². The molecule has 14 nitrogen and oxygen atoms in total. The second-order valence-corrected chi connectivity index (χ2v) is 14.4. The van der Waals surface area contributed by atoms with Gasteiger partial charge in [-0.15, -0.1) is 5.10 Å². The highest BCUT2D eigenvalue weighted by atomic mass is 16.6. The van der Waals surface area contributed by atoms with E-state index >= 15 is 0 Å². The van der Waals surface area contributed by atoms with Crippen LogP contribution in [0.3, 0.4) is 0 Å². The van der Waals surface area contributed by atoms with Gasteiger partial charge < -0.3 is 34.1 Å². The van der Waals surface area contributed by atoms with E-state index in [4.69, 9.17) is 34.0 Å². The van der Waals surface area contributed by atoms with E-state index in [0.29, 0.717) is 35.9 Å². The SMILES string of the molecule is COC(=O)c1ccc2c(n1)CCCN2c1nn(C2CCCCO2)c2nc(N3CCC4(CC3)CO[C@@H](C)[C@H]4NC(=O)OC(C)(C)C)cnc12. The van der Waals surface area contributed by atoms with Crippen molar-refractivity contribution in [1.29, 1.82) is 0 Å². The Hall–Kier alpha value is -4.04. The predicted molar refractivity (Wildman–Crippen MR) is 178 cm³/mol. The van der Waals surface area contributed by atoms with E-state index in [0.717, 1.165) is 81.8 Å². The molecule has 3 saturated heterocycles. The number of hydrogen-bond acceptors (Lipinski definition) is 12. The summed E-state index contributed by atoms with van der Waals surface area (Å²) in [5.74, 6) is 1.04. The molecule has 0 saturated carbocycles. The van der Waals surface area contributed by atoms with Crippen molar-refractivity contribution in [2.45, 2.75) is 96.6 Å². The number of pyridine rings is 1. The standard InChI is InChI=1S/C34H46N8O6/c1-21-28(38-32(44)48-33(2,3)4)34(20-47-21)13-16-40(17-14-34)25-19-35-27-29(37-25)42(26-10-6-7-18-46-26)39-30(27)41-15-8-9-22-24(41)12-11-23(36-22)31(43)45-5/h11-12,19,21,26,28H,6-10,13-18,20H2,1-5H3,(H,38,44)/t21-,26?,28+/m0/s1. The third kappa shape index (κ3) is 6.15. The number of fused-ring (bicyclic) bond motifs is 2. The van der Waals surface area contributed by atoms with Crippen molar-refractivity contribution < 1.29 is 28.5 Å². The van der Waals surface area contributed by atoms with E-state index in [1.54, 1.807) is 6.07 Å². The largest absolute Gasteiger partial charge is 0.464 e. The fourth-order valence-corrected chi connectivity index (χ4v) is 7.55. The van der Waals surface area contributed by atoms with Crippen LogP contribution in [0.1, 0.15) is 88.6 Å². The number of anilines is 3. The van der Waals surface area contributed by atoms with Crippen LogP contribution in [-0.2, 0) is 25.4 Å². The third-order valence-corrected chi connectivity index (χ3v) is 10.0. The van der Waals surface area contributed by atoms with Crippen LogP contribution < -0.4 is 15.1 Å². The highest BCUT2D eigenvalue weighted by Gasteiger charge is 2.50. The number of nitrogens with one attached hydrogen (secondary N) is 1. The lowest BCUT2D eigenvalue weighted by molar-refractivity contribution is -0.0368. The maximum absolute atomic E-state index is 12.7. The minimum absolute atomic E-state index is 0.106. The number of methoxy groups -OCH3 is 1. The van der Waals surface area contributed by atoms with Gasteiger partial charge in [-0.25, -0.2) is 29.2 Å². The van der Waals surface area contributed by atoms with Crippen molar-refractivity contribution in [2.75, 3.05) is 49.8 Å². The van der Waals surface area contributed by atoms with Crippen molar-refractivity contribution in [1.82, 2.24) is 30.0 Å². The Morgan fingerprint density at radius 2 is 1.88 bits per heavy atom. The van der Waals surface area contributed by atoms with Crippen LogP contribution in [0.2, 0.25) is 0 Å². The molecule has 1 unspecified atom stereocenters. The molecule has 0 bridgehead atoms. The maximum Gasteiger partial charge on any atom is 0.407 e. The fourth-order valence-electron chi connectivity index (χ4n) is 7.55. The number of amides is 1. The second kappa shape index (κ2) is 12.8. The zero-order valence-electron chi connectivity index (χ0n) is 28.5. The van der Waals surface area contributed by atoms with Gasteiger partial charge in [-0.2, -0.15) is 0 Å². The lowest BCUT2D eigenvalue weighted by atomic mass is 9.73. The molecule has 1 amide bonds. The summed E-state index contributed by atoms with van der Waals surface area (Å²) in [6.07, 6.45) is 7.28. The molecular formula is C34H46N8O6. The van der Waals surface area contributed by atoms with E-state index in [9.17, 15) is 9.59 Å². The van der Waals surface area contributed by atoms with Crippen LogP contribution in [-0.4, -0.2) is 94.5 Å². The van der Waals surface area contributed by atoms with Gasteiger partial charge in [-0.1, -0.05) is 0 Å². The van der Waals surface area contributed by atoms with Crippen LogP contribution in [0, 0.1) is 5.41 Å². The number of piperidine rings is 1. The normalized spacial score (nSPS) is 24.1. The van der Waals surface area contributed by atoms with Crippen molar-refractivity contribution in [2.24, 2.45) is 5.41 Å². The predicted octanol–water partition coefficient (Wildman–Crippen LogP) is 4.69. The summed E-state index contributed by atoms with van der Waals surface area (Å²) >= 11 is 0. The molecule has 3 fully saturated rings.